The van der Waals surface area contributed by atoms with Gasteiger partial charge in [-0.1, -0.05) is 6.07 Å². The van der Waals surface area contributed by atoms with Gasteiger partial charge in [-0.2, -0.15) is 0 Å². The monoisotopic (exact) mass is 323 g/mol. The zero-order chi connectivity index (χ0) is 13.7. The molecule has 1 heterocycles. The Hall–Kier alpha value is -1.33. The first-order valence-electron chi connectivity index (χ1n) is 6.29. The highest BCUT2D eigenvalue weighted by atomic mass is 79.9. The Bertz CT molecular complexity index is 539. The van der Waals surface area contributed by atoms with Gasteiger partial charge in [0.15, 0.2) is 0 Å². The van der Waals surface area contributed by atoms with Crippen molar-refractivity contribution in [3.63, 3.8) is 0 Å². The summed E-state index contributed by atoms with van der Waals surface area (Å²) in [6.07, 6.45) is 4.64. The molecule has 5 heteroatoms. The molecule has 0 spiro atoms. The van der Waals surface area contributed by atoms with Crippen molar-refractivity contribution in [3.05, 3.63) is 46.5 Å². The molecule has 1 aromatic carbocycles. The smallest absolute Gasteiger partial charge is 0.133 e. The highest BCUT2D eigenvalue weighted by Gasteiger charge is 2.03. The minimum atomic E-state index is 0.617. The van der Waals surface area contributed by atoms with Crippen LogP contribution < -0.4 is 10.5 Å². The summed E-state index contributed by atoms with van der Waals surface area (Å²) < 4.78 is 8.81. The first kappa shape index (κ1) is 14.1. The lowest BCUT2D eigenvalue weighted by Crippen LogP contribution is -2.09. The van der Waals surface area contributed by atoms with Gasteiger partial charge < -0.3 is 15.0 Å². The van der Waals surface area contributed by atoms with E-state index in [0.29, 0.717) is 13.2 Å². The van der Waals surface area contributed by atoms with Gasteiger partial charge in [0.25, 0.3) is 0 Å². The van der Waals surface area contributed by atoms with E-state index in [-0.39, 0.29) is 0 Å². The zero-order valence-corrected chi connectivity index (χ0v) is 12.6. The Morgan fingerprint density at radius 1 is 1.42 bits per heavy atom. The van der Waals surface area contributed by atoms with Crippen molar-refractivity contribution in [2.75, 3.05) is 13.2 Å². The van der Waals surface area contributed by atoms with E-state index in [9.17, 15) is 0 Å². The van der Waals surface area contributed by atoms with E-state index in [4.69, 9.17) is 10.5 Å². The fraction of sp³-hybridized carbons (Fsp3) is 0.357. The lowest BCUT2D eigenvalue weighted by atomic mass is 10.1. The molecule has 4 nitrogen and oxygen atoms in total. The topological polar surface area (TPSA) is 53.1 Å². The summed E-state index contributed by atoms with van der Waals surface area (Å²) in [5, 5.41) is 0. The molecule has 0 aliphatic rings. The molecule has 0 saturated carbocycles. The maximum atomic E-state index is 5.77. The molecule has 19 heavy (non-hydrogen) atoms. The minimum Gasteiger partial charge on any atom is -0.491 e. The third-order valence-corrected chi connectivity index (χ3v) is 3.56. The van der Waals surface area contributed by atoms with Crippen LogP contribution in [0.1, 0.15) is 11.4 Å². The highest BCUT2D eigenvalue weighted by molar-refractivity contribution is 9.10. The molecule has 0 saturated heterocycles. The quantitative estimate of drug-likeness (QED) is 0.888. The number of benzene rings is 1. The highest BCUT2D eigenvalue weighted by Crippen LogP contribution is 2.26. The Morgan fingerprint density at radius 2 is 2.26 bits per heavy atom. The molecule has 0 unspecified atom stereocenters. The van der Waals surface area contributed by atoms with E-state index in [0.717, 1.165) is 29.0 Å². The molecule has 0 radical (unpaired) electrons. The summed E-state index contributed by atoms with van der Waals surface area (Å²) in [4.78, 5) is 4.18. The van der Waals surface area contributed by atoms with Crippen LogP contribution in [0, 0.1) is 6.92 Å². The standard InChI is InChI=1S/C14H18BrN3O/c1-11-17-6-7-18(11)8-9-19-14-3-2-12(4-5-16)10-13(14)15/h2-3,6-7,10H,4-5,8-9,16H2,1H3. The molecular weight excluding hydrogens is 306 g/mol. The van der Waals surface area contributed by atoms with Crippen LogP contribution in [0.2, 0.25) is 0 Å². The van der Waals surface area contributed by atoms with E-state index in [1.165, 1.54) is 5.56 Å². The molecule has 102 valence electrons. The second-order valence-corrected chi connectivity index (χ2v) is 5.17. The molecule has 0 bridgehead atoms. The van der Waals surface area contributed by atoms with Crippen molar-refractivity contribution in [2.24, 2.45) is 5.73 Å². The average molecular weight is 324 g/mol. The van der Waals surface area contributed by atoms with E-state index in [2.05, 4.69) is 37.6 Å². The molecule has 0 fully saturated rings. The maximum Gasteiger partial charge on any atom is 0.133 e. The number of aryl methyl sites for hydroxylation is 1. The molecule has 0 atom stereocenters. The Kier molecular flexibility index (Phi) is 4.99. The van der Waals surface area contributed by atoms with Gasteiger partial charge in [0.1, 0.15) is 18.2 Å². The van der Waals surface area contributed by atoms with Gasteiger partial charge in [-0.15, -0.1) is 0 Å². The van der Waals surface area contributed by atoms with Crippen LogP contribution in [0.15, 0.2) is 35.1 Å². The van der Waals surface area contributed by atoms with Crippen molar-refractivity contribution < 1.29 is 4.74 Å². The van der Waals surface area contributed by atoms with Crippen LogP contribution in [0.3, 0.4) is 0 Å². The van der Waals surface area contributed by atoms with Crippen LogP contribution in [0.25, 0.3) is 0 Å². The van der Waals surface area contributed by atoms with Gasteiger partial charge in [-0.3, -0.25) is 0 Å². The van der Waals surface area contributed by atoms with Crippen molar-refractivity contribution in [2.45, 2.75) is 19.9 Å². The second-order valence-electron chi connectivity index (χ2n) is 4.32. The third-order valence-electron chi connectivity index (χ3n) is 2.94. The van der Waals surface area contributed by atoms with Gasteiger partial charge in [-0.05, 0) is 53.5 Å². The Balaban J connectivity index is 1.91. The summed E-state index contributed by atoms with van der Waals surface area (Å²) in [6.45, 7) is 4.05. The summed E-state index contributed by atoms with van der Waals surface area (Å²) in [5.41, 5.74) is 6.76. The number of nitrogens with zero attached hydrogens (tertiary/aromatic N) is 2. The number of hydrogen-bond acceptors (Lipinski definition) is 3. The number of ether oxygens (including phenoxy) is 1. The van der Waals surface area contributed by atoms with Crippen LogP contribution in [0.4, 0.5) is 0 Å². The number of nitrogens with two attached hydrogens (primary N) is 1. The normalized spacial score (nSPS) is 10.7. The van der Waals surface area contributed by atoms with E-state index in [1.807, 2.05) is 19.2 Å². The van der Waals surface area contributed by atoms with Crippen LogP contribution in [-0.2, 0) is 13.0 Å². The molecule has 0 aliphatic carbocycles. The molecule has 0 aliphatic heterocycles. The van der Waals surface area contributed by atoms with Crippen molar-refractivity contribution in [1.29, 1.82) is 0 Å². The number of imidazole rings is 1. The largest absolute Gasteiger partial charge is 0.491 e. The van der Waals surface area contributed by atoms with Gasteiger partial charge in [0.2, 0.25) is 0 Å². The van der Waals surface area contributed by atoms with Crippen molar-refractivity contribution in [3.8, 4) is 5.75 Å². The van der Waals surface area contributed by atoms with Crippen LogP contribution in [0.5, 0.6) is 5.75 Å². The summed E-state index contributed by atoms with van der Waals surface area (Å²) in [7, 11) is 0. The Labute approximate surface area is 121 Å². The predicted octanol–water partition coefficient (Wildman–Crippen LogP) is 2.53. The number of hydrogen-bond donors (Lipinski definition) is 1. The summed E-state index contributed by atoms with van der Waals surface area (Å²) in [6, 6.07) is 6.09. The first-order chi connectivity index (χ1) is 9.20. The number of aromatic nitrogens is 2. The van der Waals surface area contributed by atoms with Gasteiger partial charge in [0.05, 0.1) is 11.0 Å². The SMILES string of the molecule is Cc1nccn1CCOc1ccc(CCN)cc1Br. The van der Waals surface area contributed by atoms with Crippen molar-refractivity contribution in [1.82, 2.24) is 9.55 Å². The first-order valence-corrected chi connectivity index (χ1v) is 7.09. The molecule has 2 aromatic rings. The van der Waals surface area contributed by atoms with E-state index in [1.54, 1.807) is 6.20 Å². The van der Waals surface area contributed by atoms with Gasteiger partial charge in [-0.25, -0.2) is 4.98 Å². The molecular formula is C14H18BrN3O. The lowest BCUT2D eigenvalue weighted by molar-refractivity contribution is 0.295. The Morgan fingerprint density at radius 3 is 2.89 bits per heavy atom. The molecule has 2 rings (SSSR count). The zero-order valence-electron chi connectivity index (χ0n) is 11.0. The van der Waals surface area contributed by atoms with Crippen molar-refractivity contribution >= 4 is 15.9 Å². The van der Waals surface area contributed by atoms with E-state index < -0.39 is 0 Å². The molecule has 2 N–H and O–H groups in total. The van der Waals surface area contributed by atoms with Crippen LogP contribution in [-0.4, -0.2) is 22.7 Å². The molecule has 1 aromatic heterocycles. The lowest BCUT2D eigenvalue weighted by Gasteiger charge is -2.10. The number of halogens is 1. The van der Waals surface area contributed by atoms with E-state index >= 15 is 0 Å². The second kappa shape index (κ2) is 6.73. The van der Waals surface area contributed by atoms with Gasteiger partial charge >= 0.3 is 0 Å². The third kappa shape index (κ3) is 3.81. The summed E-state index contributed by atoms with van der Waals surface area (Å²) in [5.74, 6) is 1.86. The summed E-state index contributed by atoms with van der Waals surface area (Å²) >= 11 is 3.53. The minimum absolute atomic E-state index is 0.617. The fourth-order valence-electron chi connectivity index (χ4n) is 1.88. The van der Waals surface area contributed by atoms with Crippen LogP contribution >= 0.6 is 15.9 Å². The fourth-order valence-corrected chi connectivity index (χ4v) is 2.42. The average Bonchev–Trinajstić information content (AvgIpc) is 2.78. The molecule has 0 amide bonds. The number of rotatable bonds is 6. The van der Waals surface area contributed by atoms with Gasteiger partial charge in [0, 0.05) is 12.4 Å². The maximum absolute atomic E-state index is 5.77. The predicted molar refractivity (Wildman–Crippen MR) is 79.4 cm³/mol.